The minimum absolute atomic E-state index is 0.0337. The van der Waals surface area contributed by atoms with Gasteiger partial charge < -0.3 is 14.7 Å². The Hall–Kier alpha value is -1.14. The largest absolute Gasteiger partial charge is 0.480 e. The SMILES string of the molecule is CC1CN(C(=O)CNC(C(=O)O)C2CC2)CC(C)O1. The first-order valence-corrected chi connectivity index (χ1v) is 6.86. The van der Waals surface area contributed by atoms with Crippen LogP contribution in [-0.2, 0) is 14.3 Å². The van der Waals surface area contributed by atoms with E-state index in [1.807, 2.05) is 13.8 Å². The minimum atomic E-state index is -0.862. The van der Waals surface area contributed by atoms with E-state index in [2.05, 4.69) is 5.32 Å². The molecule has 0 aromatic heterocycles. The lowest BCUT2D eigenvalue weighted by Gasteiger charge is -2.35. The predicted octanol–water partition coefficient (Wildman–Crippen LogP) is 0.0750. The van der Waals surface area contributed by atoms with Crippen LogP contribution in [0.2, 0.25) is 0 Å². The maximum atomic E-state index is 12.1. The second-order valence-electron chi connectivity index (χ2n) is 5.59. The van der Waals surface area contributed by atoms with E-state index in [4.69, 9.17) is 9.84 Å². The van der Waals surface area contributed by atoms with Gasteiger partial charge in [-0.05, 0) is 32.6 Å². The molecule has 1 saturated carbocycles. The van der Waals surface area contributed by atoms with Gasteiger partial charge in [-0.1, -0.05) is 0 Å². The van der Waals surface area contributed by atoms with Crippen LogP contribution in [0.1, 0.15) is 26.7 Å². The van der Waals surface area contributed by atoms with Crippen LogP contribution < -0.4 is 5.32 Å². The first kappa shape index (κ1) is 14.3. The number of nitrogens with one attached hydrogen (secondary N) is 1. The quantitative estimate of drug-likeness (QED) is 0.739. The zero-order chi connectivity index (χ0) is 14.0. The highest BCUT2D eigenvalue weighted by molar-refractivity contribution is 5.80. The number of hydrogen-bond acceptors (Lipinski definition) is 4. The molecule has 19 heavy (non-hydrogen) atoms. The fourth-order valence-electron chi connectivity index (χ4n) is 2.58. The number of aliphatic carboxylic acids is 1. The molecule has 1 heterocycles. The molecule has 1 saturated heterocycles. The highest BCUT2D eigenvalue weighted by Gasteiger charge is 2.36. The molecule has 6 nitrogen and oxygen atoms in total. The van der Waals surface area contributed by atoms with Gasteiger partial charge in [0.2, 0.25) is 5.91 Å². The minimum Gasteiger partial charge on any atom is -0.480 e. The van der Waals surface area contributed by atoms with Gasteiger partial charge in [-0.25, -0.2) is 0 Å². The van der Waals surface area contributed by atoms with Gasteiger partial charge in [0.15, 0.2) is 0 Å². The molecule has 1 aliphatic carbocycles. The van der Waals surface area contributed by atoms with Crippen LogP contribution in [0.4, 0.5) is 0 Å². The maximum absolute atomic E-state index is 12.1. The first-order valence-electron chi connectivity index (χ1n) is 6.86. The molecule has 2 fully saturated rings. The Kier molecular flexibility index (Phi) is 4.42. The van der Waals surface area contributed by atoms with E-state index in [1.165, 1.54) is 0 Å². The average molecular weight is 270 g/mol. The van der Waals surface area contributed by atoms with Crippen molar-refractivity contribution < 1.29 is 19.4 Å². The molecule has 3 atom stereocenters. The molecule has 2 aliphatic rings. The number of amides is 1. The van der Waals surface area contributed by atoms with Crippen molar-refractivity contribution in [2.24, 2.45) is 5.92 Å². The van der Waals surface area contributed by atoms with Crippen molar-refractivity contribution in [1.29, 1.82) is 0 Å². The number of rotatable bonds is 5. The summed E-state index contributed by atoms with van der Waals surface area (Å²) in [5.74, 6) is -0.722. The van der Waals surface area contributed by atoms with Crippen LogP contribution in [0.25, 0.3) is 0 Å². The summed E-state index contributed by atoms with van der Waals surface area (Å²) >= 11 is 0. The maximum Gasteiger partial charge on any atom is 0.320 e. The van der Waals surface area contributed by atoms with Crippen molar-refractivity contribution in [3.63, 3.8) is 0 Å². The number of hydrogen-bond donors (Lipinski definition) is 2. The molecule has 0 radical (unpaired) electrons. The Balaban J connectivity index is 1.81. The Bertz CT molecular complexity index is 347. The van der Waals surface area contributed by atoms with E-state index in [9.17, 15) is 9.59 Å². The van der Waals surface area contributed by atoms with Crippen LogP contribution in [-0.4, -0.2) is 59.8 Å². The monoisotopic (exact) mass is 270 g/mol. The Morgan fingerprint density at radius 3 is 2.37 bits per heavy atom. The van der Waals surface area contributed by atoms with Crippen LogP contribution in [0, 0.1) is 5.92 Å². The number of carbonyl (C=O) groups is 2. The second-order valence-corrected chi connectivity index (χ2v) is 5.59. The molecule has 6 heteroatoms. The van der Waals surface area contributed by atoms with Crippen molar-refractivity contribution in [2.45, 2.75) is 44.9 Å². The van der Waals surface area contributed by atoms with Crippen molar-refractivity contribution in [2.75, 3.05) is 19.6 Å². The average Bonchev–Trinajstić information content (AvgIpc) is 3.11. The number of carboxylic acid groups (broad SMARTS) is 1. The number of carbonyl (C=O) groups excluding carboxylic acids is 1. The van der Waals surface area contributed by atoms with Crippen LogP contribution in [0.5, 0.6) is 0 Å². The molecular formula is C13H22N2O4. The van der Waals surface area contributed by atoms with E-state index in [0.29, 0.717) is 13.1 Å². The zero-order valence-electron chi connectivity index (χ0n) is 11.5. The number of carboxylic acids is 1. The van der Waals surface area contributed by atoms with Gasteiger partial charge in [-0.15, -0.1) is 0 Å². The van der Waals surface area contributed by atoms with Crippen LogP contribution in [0.3, 0.4) is 0 Å². The fourth-order valence-corrected chi connectivity index (χ4v) is 2.58. The summed E-state index contributed by atoms with van der Waals surface area (Å²) in [7, 11) is 0. The Morgan fingerprint density at radius 2 is 1.89 bits per heavy atom. The topological polar surface area (TPSA) is 78.9 Å². The molecule has 3 unspecified atom stereocenters. The smallest absolute Gasteiger partial charge is 0.320 e. The van der Waals surface area contributed by atoms with Gasteiger partial charge >= 0.3 is 5.97 Å². The lowest BCUT2D eigenvalue weighted by molar-refractivity contribution is -0.143. The van der Waals surface area contributed by atoms with Crippen molar-refractivity contribution in [1.82, 2.24) is 10.2 Å². The molecule has 108 valence electrons. The summed E-state index contributed by atoms with van der Waals surface area (Å²) in [6, 6.07) is -0.583. The first-order chi connectivity index (χ1) is 8.97. The summed E-state index contributed by atoms with van der Waals surface area (Å²) < 4.78 is 5.57. The molecule has 1 aliphatic heterocycles. The van der Waals surface area contributed by atoms with Crippen molar-refractivity contribution in [3.05, 3.63) is 0 Å². The third kappa shape index (κ3) is 3.91. The second kappa shape index (κ2) is 5.88. The van der Waals surface area contributed by atoms with E-state index in [-0.39, 0.29) is 30.6 Å². The highest BCUT2D eigenvalue weighted by atomic mass is 16.5. The van der Waals surface area contributed by atoms with E-state index >= 15 is 0 Å². The summed E-state index contributed by atoms with van der Waals surface area (Å²) in [6.45, 7) is 5.12. The predicted molar refractivity (Wildman–Crippen MR) is 68.7 cm³/mol. The third-order valence-corrected chi connectivity index (χ3v) is 3.60. The Morgan fingerprint density at radius 1 is 1.32 bits per heavy atom. The zero-order valence-corrected chi connectivity index (χ0v) is 11.5. The van der Waals surface area contributed by atoms with Crippen molar-refractivity contribution >= 4 is 11.9 Å². The highest BCUT2D eigenvalue weighted by Crippen LogP contribution is 2.32. The summed E-state index contributed by atoms with van der Waals surface area (Å²) in [5.41, 5.74) is 0. The van der Waals surface area contributed by atoms with Gasteiger partial charge in [0.1, 0.15) is 6.04 Å². The number of morpholine rings is 1. The number of nitrogens with zero attached hydrogens (tertiary/aromatic N) is 1. The van der Waals surface area contributed by atoms with Gasteiger partial charge in [-0.3, -0.25) is 14.9 Å². The van der Waals surface area contributed by atoms with Crippen LogP contribution >= 0.6 is 0 Å². The van der Waals surface area contributed by atoms with Crippen LogP contribution in [0.15, 0.2) is 0 Å². The lowest BCUT2D eigenvalue weighted by Crippen LogP contribution is -2.52. The molecule has 1 amide bonds. The van der Waals surface area contributed by atoms with Gasteiger partial charge in [-0.2, -0.15) is 0 Å². The normalized spacial score (nSPS) is 29.1. The lowest BCUT2D eigenvalue weighted by atomic mass is 10.2. The van der Waals surface area contributed by atoms with E-state index < -0.39 is 12.0 Å². The van der Waals surface area contributed by atoms with Crippen molar-refractivity contribution in [3.8, 4) is 0 Å². The van der Waals surface area contributed by atoms with Gasteiger partial charge in [0.25, 0.3) is 0 Å². The van der Waals surface area contributed by atoms with E-state index in [1.54, 1.807) is 4.90 Å². The summed E-state index contributed by atoms with van der Waals surface area (Å²) in [6.07, 6.45) is 1.94. The summed E-state index contributed by atoms with van der Waals surface area (Å²) in [5, 5.41) is 12.0. The molecule has 0 bridgehead atoms. The molecule has 2 rings (SSSR count). The third-order valence-electron chi connectivity index (χ3n) is 3.60. The standard InChI is InChI=1S/C13H22N2O4/c1-8-6-15(7-9(2)19-8)11(16)5-14-12(13(17)18)10-3-4-10/h8-10,12,14H,3-7H2,1-2H3,(H,17,18). The van der Waals surface area contributed by atoms with Gasteiger partial charge in [0, 0.05) is 13.1 Å². The number of ether oxygens (including phenoxy) is 1. The molecule has 2 N–H and O–H groups in total. The fraction of sp³-hybridized carbons (Fsp3) is 0.846. The molecule has 0 aromatic rings. The Labute approximate surface area is 113 Å². The molecular weight excluding hydrogens is 248 g/mol. The molecule has 0 spiro atoms. The van der Waals surface area contributed by atoms with E-state index in [0.717, 1.165) is 12.8 Å². The van der Waals surface area contributed by atoms with Gasteiger partial charge in [0.05, 0.1) is 18.8 Å². The summed E-state index contributed by atoms with van der Waals surface area (Å²) in [4.78, 5) is 24.9. The molecule has 0 aromatic carbocycles.